The fourth-order valence-electron chi connectivity index (χ4n) is 2.67. The van der Waals surface area contributed by atoms with Crippen LogP contribution < -0.4 is 10.6 Å². The van der Waals surface area contributed by atoms with Crippen LogP contribution in [0.3, 0.4) is 0 Å². The summed E-state index contributed by atoms with van der Waals surface area (Å²) in [6.45, 7) is 1.17. The third kappa shape index (κ3) is 6.45. The Morgan fingerprint density at radius 3 is 2.42 bits per heavy atom. The highest BCUT2D eigenvalue weighted by Crippen LogP contribution is 2.23. The lowest BCUT2D eigenvalue weighted by molar-refractivity contribution is -0.150. The lowest BCUT2D eigenvalue weighted by Crippen LogP contribution is -2.40. The Bertz CT molecular complexity index is 1050. The Balaban J connectivity index is 1.41. The quantitative estimate of drug-likeness (QED) is 0.522. The lowest BCUT2D eigenvalue weighted by Gasteiger charge is -2.13. The van der Waals surface area contributed by atoms with Gasteiger partial charge in [0.1, 0.15) is 17.6 Å². The van der Waals surface area contributed by atoms with Crippen LogP contribution in [0.25, 0.3) is 11.3 Å². The molecule has 1 heterocycles. The van der Waals surface area contributed by atoms with Gasteiger partial charge in [-0.15, -0.1) is 0 Å². The summed E-state index contributed by atoms with van der Waals surface area (Å²) in [4.78, 5) is 36.1. The predicted octanol–water partition coefficient (Wildman–Crippen LogP) is 3.58. The highest BCUT2D eigenvalue weighted by atomic mass is 35.5. The summed E-state index contributed by atoms with van der Waals surface area (Å²) in [5, 5.41) is 5.78. The van der Waals surface area contributed by atoms with E-state index in [4.69, 9.17) is 20.8 Å². The first-order chi connectivity index (χ1) is 14.9. The van der Waals surface area contributed by atoms with E-state index in [1.54, 1.807) is 54.6 Å². The van der Waals surface area contributed by atoms with E-state index in [-0.39, 0.29) is 6.54 Å². The maximum Gasteiger partial charge on any atom is 0.328 e. The highest BCUT2D eigenvalue weighted by molar-refractivity contribution is 6.30. The first-order valence-corrected chi connectivity index (χ1v) is 9.94. The van der Waals surface area contributed by atoms with Crippen molar-refractivity contribution in [3.8, 4) is 11.3 Å². The number of furan rings is 1. The largest absolute Gasteiger partial charge is 0.459 e. The van der Waals surface area contributed by atoms with Crippen LogP contribution >= 0.6 is 11.6 Å². The molecule has 2 amide bonds. The molecule has 0 spiro atoms. The Morgan fingerprint density at radius 2 is 1.71 bits per heavy atom. The van der Waals surface area contributed by atoms with Crippen molar-refractivity contribution in [2.75, 3.05) is 6.61 Å². The van der Waals surface area contributed by atoms with Gasteiger partial charge in [-0.2, -0.15) is 0 Å². The number of ether oxygens (including phenoxy) is 1. The molecule has 7 nitrogen and oxygen atoms in total. The minimum Gasteiger partial charge on any atom is -0.459 e. The van der Waals surface area contributed by atoms with E-state index in [0.717, 1.165) is 5.56 Å². The molecule has 0 bridgehead atoms. The van der Waals surface area contributed by atoms with Crippen molar-refractivity contribution in [2.24, 2.45) is 0 Å². The molecule has 0 aliphatic carbocycles. The van der Waals surface area contributed by atoms with Crippen LogP contribution in [-0.4, -0.2) is 30.4 Å². The molecular formula is C23H21ClN2O5. The molecular weight excluding hydrogens is 420 g/mol. The number of rotatable bonds is 8. The molecule has 0 aliphatic heterocycles. The van der Waals surface area contributed by atoms with E-state index < -0.39 is 30.4 Å². The molecule has 1 aromatic heterocycles. The summed E-state index contributed by atoms with van der Waals surface area (Å²) >= 11 is 5.88. The van der Waals surface area contributed by atoms with Gasteiger partial charge in [-0.1, -0.05) is 29.8 Å². The molecule has 3 aromatic rings. The molecule has 160 valence electrons. The minimum absolute atomic E-state index is 0.143. The zero-order valence-electron chi connectivity index (χ0n) is 16.8. The molecule has 0 radical (unpaired) electrons. The summed E-state index contributed by atoms with van der Waals surface area (Å²) in [7, 11) is 0. The van der Waals surface area contributed by atoms with E-state index in [0.29, 0.717) is 22.1 Å². The van der Waals surface area contributed by atoms with Gasteiger partial charge in [0.15, 0.2) is 6.61 Å². The lowest BCUT2D eigenvalue weighted by atomic mass is 10.2. The maximum absolute atomic E-state index is 12.1. The van der Waals surface area contributed by atoms with Crippen LogP contribution in [0.4, 0.5) is 0 Å². The van der Waals surface area contributed by atoms with Crippen LogP contribution in [0.2, 0.25) is 5.02 Å². The van der Waals surface area contributed by atoms with Crippen LogP contribution in [0.1, 0.15) is 23.0 Å². The van der Waals surface area contributed by atoms with Crippen LogP contribution in [-0.2, 0) is 20.9 Å². The summed E-state index contributed by atoms with van der Waals surface area (Å²) < 4.78 is 10.7. The Labute approximate surface area is 184 Å². The van der Waals surface area contributed by atoms with E-state index in [2.05, 4.69) is 10.6 Å². The summed E-state index contributed by atoms with van der Waals surface area (Å²) in [6.07, 6.45) is 0. The Morgan fingerprint density at radius 1 is 1.00 bits per heavy atom. The molecule has 0 fully saturated rings. The number of nitrogens with one attached hydrogen (secondary N) is 2. The highest BCUT2D eigenvalue weighted by Gasteiger charge is 2.19. The monoisotopic (exact) mass is 440 g/mol. The van der Waals surface area contributed by atoms with E-state index in [1.165, 1.54) is 6.92 Å². The van der Waals surface area contributed by atoms with Gasteiger partial charge in [-0.25, -0.2) is 4.79 Å². The first kappa shape index (κ1) is 22.1. The molecule has 8 heteroatoms. The van der Waals surface area contributed by atoms with E-state index in [9.17, 15) is 14.4 Å². The van der Waals surface area contributed by atoms with Crippen molar-refractivity contribution >= 4 is 29.4 Å². The number of esters is 1. The van der Waals surface area contributed by atoms with Gasteiger partial charge in [0.25, 0.3) is 11.8 Å². The Kier molecular flexibility index (Phi) is 7.45. The molecule has 3 rings (SSSR count). The second-order valence-electron chi connectivity index (χ2n) is 6.72. The van der Waals surface area contributed by atoms with Crippen molar-refractivity contribution in [3.63, 3.8) is 0 Å². The topological polar surface area (TPSA) is 97.6 Å². The van der Waals surface area contributed by atoms with Crippen molar-refractivity contribution in [2.45, 2.75) is 19.5 Å². The maximum atomic E-state index is 12.1. The van der Waals surface area contributed by atoms with Crippen LogP contribution in [0.5, 0.6) is 0 Å². The smallest absolute Gasteiger partial charge is 0.328 e. The number of carbonyl (C=O) groups is 3. The number of amides is 2. The standard InChI is InChI=1S/C23H21ClN2O5/c1-15(26-22(28)17-5-3-2-4-6-17)23(29)30-14-21(27)25-13-19-11-12-20(31-19)16-7-9-18(24)10-8-16/h2-12,15H,13-14H2,1H3,(H,25,27)(H,26,28). The number of halogens is 1. The SMILES string of the molecule is CC(NC(=O)c1ccccc1)C(=O)OCC(=O)NCc1ccc(-c2ccc(Cl)cc2)o1. The number of hydrogen-bond donors (Lipinski definition) is 2. The fraction of sp³-hybridized carbons (Fsp3) is 0.174. The normalized spacial score (nSPS) is 11.4. The van der Waals surface area contributed by atoms with Gasteiger partial charge < -0.3 is 19.8 Å². The van der Waals surface area contributed by atoms with E-state index >= 15 is 0 Å². The predicted molar refractivity (Wildman–Crippen MR) is 115 cm³/mol. The molecule has 2 aromatic carbocycles. The molecule has 0 aliphatic rings. The van der Waals surface area contributed by atoms with Crippen molar-refractivity contribution < 1.29 is 23.5 Å². The van der Waals surface area contributed by atoms with Gasteiger partial charge in [0.05, 0.1) is 6.54 Å². The summed E-state index contributed by atoms with van der Waals surface area (Å²) in [6, 6.07) is 18.3. The number of hydrogen-bond acceptors (Lipinski definition) is 5. The summed E-state index contributed by atoms with van der Waals surface area (Å²) in [5.41, 5.74) is 1.29. The third-order valence-corrected chi connectivity index (χ3v) is 4.58. The molecule has 0 saturated carbocycles. The van der Waals surface area contributed by atoms with E-state index in [1.807, 2.05) is 12.1 Å². The van der Waals surface area contributed by atoms with Gasteiger partial charge in [-0.05, 0) is 55.5 Å². The van der Waals surface area contributed by atoms with Gasteiger partial charge in [0, 0.05) is 16.1 Å². The zero-order valence-corrected chi connectivity index (χ0v) is 17.5. The van der Waals surface area contributed by atoms with Gasteiger partial charge in [-0.3, -0.25) is 9.59 Å². The minimum atomic E-state index is -0.896. The van der Waals surface area contributed by atoms with Crippen LogP contribution in [0, 0.1) is 0 Å². The van der Waals surface area contributed by atoms with Gasteiger partial charge >= 0.3 is 5.97 Å². The van der Waals surface area contributed by atoms with Crippen molar-refractivity contribution in [1.82, 2.24) is 10.6 Å². The molecule has 2 N–H and O–H groups in total. The number of benzene rings is 2. The second-order valence-corrected chi connectivity index (χ2v) is 7.15. The zero-order chi connectivity index (χ0) is 22.2. The van der Waals surface area contributed by atoms with Crippen molar-refractivity contribution in [1.29, 1.82) is 0 Å². The number of carbonyl (C=O) groups excluding carboxylic acids is 3. The molecule has 1 atom stereocenters. The fourth-order valence-corrected chi connectivity index (χ4v) is 2.80. The Hall–Kier alpha value is -3.58. The molecule has 1 unspecified atom stereocenters. The van der Waals surface area contributed by atoms with Crippen molar-refractivity contribution in [3.05, 3.63) is 83.1 Å². The second kappa shape index (κ2) is 10.4. The summed E-state index contributed by atoms with van der Waals surface area (Å²) in [5.74, 6) is -0.394. The van der Waals surface area contributed by atoms with Gasteiger partial charge in [0.2, 0.25) is 0 Å². The third-order valence-electron chi connectivity index (χ3n) is 4.33. The first-order valence-electron chi connectivity index (χ1n) is 9.56. The molecule has 0 saturated heterocycles. The average molecular weight is 441 g/mol. The molecule has 31 heavy (non-hydrogen) atoms. The average Bonchev–Trinajstić information content (AvgIpc) is 3.26. The van der Waals surface area contributed by atoms with Crippen LogP contribution in [0.15, 0.2) is 71.1 Å².